The maximum Gasteiger partial charge on any atom is 0.323 e. The van der Waals surface area contributed by atoms with Crippen LogP contribution in [0.15, 0.2) is 66.7 Å². The molecule has 0 aliphatic carbocycles. The first-order valence-corrected chi connectivity index (χ1v) is 11.2. The molecule has 0 unspecified atom stereocenters. The smallest absolute Gasteiger partial charge is 0.308 e. The standard InChI is InChI=1S/C24H18F3N3O2S/c25-16-6-4-15(5-7-16)14-29-21-9-8-18(27)13-20(21)24(22(29)31)30(10-11-33-24)23(32)28-19-3-1-2-17(26)12-19/h1-9,12-13H,10-11,14H2,(H,28,32)/t24-/m0/s1. The normalized spacial score (nSPS) is 19.3. The van der Waals surface area contributed by atoms with Crippen LogP contribution < -0.4 is 10.2 Å². The Labute approximate surface area is 192 Å². The number of fused-ring (bicyclic) bond motifs is 2. The van der Waals surface area contributed by atoms with E-state index in [-0.39, 0.29) is 24.7 Å². The van der Waals surface area contributed by atoms with E-state index in [4.69, 9.17) is 0 Å². The van der Waals surface area contributed by atoms with Crippen molar-refractivity contribution < 1.29 is 22.8 Å². The maximum absolute atomic E-state index is 14.3. The Morgan fingerprint density at radius 3 is 2.45 bits per heavy atom. The second-order valence-corrected chi connectivity index (χ2v) is 9.05. The summed E-state index contributed by atoms with van der Waals surface area (Å²) in [4.78, 5) is 28.4. The highest BCUT2D eigenvalue weighted by molar-refractivity contribution is 8.01. The van der Waals surface area contributed by atoms with E-state index in [1.54, 1.807) is 18.2 Å². The number of hydrogen-bond donors (Lipinski definition) is 1. The summed E-state index contributed by atoms with van der Waals surface area (Å²) >= 11 is 1.25. The molecule has 1 N–H and O–H groups in total. The van der Waals surface area contributed by atoms with E-state index in [1.807, 2.05) is 0 Å². The minimum atomic E-state index is -1.45. The van der Waals surface area contributed by atoms with Crippen molar-refractivity contribution in [3.63, 3.8) is 0 Å². The van der Waals surface area contributed by atoms with Gasteiger partial charge in [-0.25, -0.2) is 18.0 Å². The third-order valence-electron chi connectivity index (χ3n) is 5.73. The van der Waals surface area contributed by atoms with Crippen molar-refractivity contribution in [2.75, 3.05) is 22.5 Å². The number of hydrogen-bond acceptors (Lipinski definition) is 3. The number of nitrogens with one attached hydrogen (secondary N) is 1. The molecule has 1 atom stereocenters. The van der Waals surface area contributed by atoms with E-state index in [9.17, 15) is 22.8 Å². The largest absolute Gasteiger partial charge is 0.323 e. The molecule has 5 nitrogen and oxygen atoms in total. The van der Waals surface area contributed by atoms with Gasteiger partial charge in [-0.1, -0.05) is 18.2 Å². The van der Waals surface area contributed by atoms with E-state index in [2.05, 4.69) is 5.32 Å². The van der Waals surface area contributed by atoms with Gasteiger partial charge in [0.1, 0.15) is 17.5 Å². The fourth-order valence-corrected chi connectivity index (χ4v) is 5.73. The molecule has 0 saturated carbocycles. The second-order valence-electron chi connectivity index (χ2n) is 7.76. The lowest BCUT2D eigenvalue weighted by Crippen LogP contribution is -2.51. The Kier molecular flexibility index (Phi) is 5.28. The van der Waals surface area contributed by atoms with Crippen LogP contribution in [0.5, 0.6) is 0 Å². The molecule has 9 heteroatoms. The van der Waals surface area contributed by atoms with E-state index in [0.29, 0.717) is 22.6 Å². The number of amides is 3. The van der Waals surface area contributed by atoms with Gasteiger partial charge in [-0.15, -0.1) is 11.8 Å². The van der Waals surface area contributed by atoms with Crippen LogP contribution in [-0.2, 0) is 16.2 Å². The zero-order valence-corrected chi connectivity index (χ0v) is 18.0. The van der Waals surface area contributed by atoms with Crippen LogP contribution in [0.4, 0.5) is 29.3 Å². The summed E-state index contributed by atoms with van der Waals surface area (Å²) in [7, 11) is 0. The van der Waals surface area contributed by atoms with E-state index < -0.39 is 28.4 Å². The van der Waals surface area contributed by atoms with Gasteiger partial charge in [-0.05, 0) is 54.1 Å². The highest BCUT2D eigenvalue weighted by atomic mass is 32.2. The summed E-state index contributed by atoms with van der Waals surface area (Å²) in [6, 6.07) is 14.7. The quantitative estimate of drug-likeness (QED) is 0.582. The molecule has 5 rings (SSSR count). The van der Waals surface area contributed by atoms with Crippen LogP contribution in [0.2, 0.25) is 0 Å². The van der Waals surface area contributed by atoms with Crippen LogP contribution in [-0.4, -0.2) is 29.1 Å². The van der Waals surface area contributed by atoms with Gasteiger partial charge in [0.2, 0.25) is 0 Å². The van der Waals surface area contributed by atoms with Crippen molar-refractivity contribution in [2.24, 2.45) is 0 Å². The van der Waals surface area contributed by atoms with Crippen LogP contribution in [0, 0.1) is 17.5 Å². The summed E-state index contributed by atoms with van der Waals surface area (Å²) in [5.74, 6) is -1.35. The molecule has 1 saturated heterocycles. The topological polar surface area (TPSA) is 52.7 Å². The van der Waals surface area contributed by atoms with Crippen LogP contribution in [0.1, 0.15) is 11.1 Å². The molecule has 3 aromatic carbocycles. The van der Waals surface area contributed by atoms with Crippen LogP contribution >= 0.6 is 11.8 Å². The van der Waals surface area contributed by atoms with Crippen molar-refractivity contribution in [1.82, 2.24) is 4.90 Å². The van der Waals surface area contributed by atoms with Gasteiger partial charge in [0.15, 0.2) is 4.87 Å². The van der Waals surface area contributed by atoms with Gasteiger partial charge in [0.05, 0.1) is 12.2 Å². The molecule has 0 aromatic heterocycles. The number of benzene rings is 3. The first kappa shape index (κ1) is 21.4. The van der Waals surface area contributed by atoms with Gasteiger partial charge < -0.3 is 10.2 Å². The minimum absolute atomic E-state index is 0.138. The number of nitrogens with zero attached hydrogens (tertiary/aromatic N) is 2. The Morgan fingerprint density at radius 2 is 1.70 bits per heavy atom. The fourth-order valence-electron chi connectivity index (χ4n) is 4.27. The third kappa shape index (κ3) is 3.62. The van der Waals surface area contributed by atoms with Crippen LogP contribution in [0.3, 0.4) is 0 Å². The monoisotopic (exact) mass is 469 g/mol. The highest BCUT2D eigenvalue weighted by Gasteiger charge is 2.59. The lowest BCUT2D eigenvalue weighted by atomic mass is 10.1. The zero-order chi connectivity index (χ0) is 23.2. The zero-order valence-electron chi connectivity index (χ0n) is 17.2. The first-order chi connectivity index (χ1) is 15.9. The minimum Gasteiger partial charge on any atom is -0.308 e. The lowest BCUT2D eigenvalue weighted by molar-refractivity contribution is -0.123. The van der Waals surface area contributed by atoms with Gasteiger partial charge in [-0.3, -0.25) is 9.69 Å². The van der Waals surface area contributed by atoms with E-state index in [1.165, 1.54) is 70.1 Å². The highest BCUT2D eigenvalue weighted by Crippen LogP contribution is 2.54. The van der Waals surface area contributed by atoms with Gasteiger partial charge in [0, 0.05) is 23.5 Å². The Hall–Kier alpha value is -3.46. The number of urea groups is 1. The average molecular weight is 469 g/mol. The fraction of sp³-hybridized carbons (Fsp3) is 0.167. The van der Waals surface area contributed by atoms with Crippen molar-refractivity contribution in [3.8, 4) is 0 Å². The molecule has 1 spiro atoms. The molecule has 1 fully saturated rings. The summed E-state index contributed by atoms with van der Waals surface area (Å²) in [5.41, 5.74) is 1.81. The number of carbonyl (C=O) groups excluding carboxylic acids is 2. The number of anilines is 2. The number of halogens is 3. The maximum atomic E-state index is 14.3. The van der Waals surface area contributed by atoms with Crippen molar-refractivity contribution in [2.45, 2.75) is 11.4 Å². The Bertz CT molecular complexity index is 1250. The molecule has 33 heavy (non-hydrogen) atoms. The molecule has 168 valence electrons. The molecule has 2 aliphatic heterocycles. The Morgan fingerprint density at radius 1 is 0.970 bits per heavy atom. The van der Waals surface area contributed by atoms with E-state index >= 15 is 0 Å². The van der Waals surface area contributed by atoms with Crippen molar-refractivity contribution in [1.29, 1.82) is 0 Å². The van der Waals surface area contributed by atoms with Gasteiger partial charge in [0.25, 0.3) is 5.91 Å². The van der Waals surface area contributed by atoms with Crippen molar-refractivity contribution in [3.05, 3.63) is 95.3 Å². The van der Waals surface area contributed by atoms with Crippen molar-refractivity contribution >= 4 is 35.1 Å². The van der Waals surface area contributed by atoms with Gasteiger partial charge in [-0.2, -0.15) is 0 Å². The predicted molar refractivity (Wildman–Crippen MR) is 120 cm³/mol. The van der Waals surface area contributed by atoms with Crippen LogP contribution in [0.25, 0.3) is 0 Å². The molecule has 3 aromatic rings. The molecular weight excluding hydrogens is 451 g/mol. The summed E-state index contributed by atoms with van der Waals surface area (Å²) in [5, 5.41) is 2.64. The number of carbonyl (C=O) groups is 2. The summed E-state index contributed by atoms with van der Waals surface area (Å²) < 4.78 is 41.2. The molecule has 2 aliphatic rings. The molecule has 0 bridgehead atoms. The summed E-state index contributed by atoms with van der Waals surface area (Å²) in [6.45, 7) is 0.386. The second kappa shape index (κ2) is 8.15. The third-order valence-corrected chi connectivity index (χ3v) is 7.15. The first-order valence-electron chi connectivity index (χ1n) is 10.2. The molecule has 3 amide bonds. The molecular formula is C24H18F3N3O2S. The SMILES string of the molecule is O=C(Nc1cccc(F)c1)N1CCS[C@@]12C(=O)N(Cc1ccc(F)cc1)c1ccc(F)cc12. The number of thioether (sulfide) groups is 1. The molecule has 0 radical (unpaired) electrons. The van der Waals surface area contributed by atoms with E-state index in [0.717, 1.165) is 0 Å². The van der Waals surface area contributed by atoms with Gasteiger partial charge >= 0.3 is 6.03 Å². The predicted octanol–water partition coefficient (Wildman–Crippen LogP) is 5.08. The lowest BCUT2D eigenvalue weighted by Gasteiger charge is -2.33. The number of rotatable bonds is 3. The molecule has 2 heterocycles. The summed E-state index contributed by atoms with van der Waals surface area (Å²) in [6.07, 6.45) is 0. The Balaban J connectivity index is 1.53. The average Bonchev–Trinajstić information content (AvgIpc) is 3.32.